The SMILES string of the molecule is c1cc(Oc2ccc(-c3ccc4nc([C@@H]5C[C@H]6C[C@H]6N5)[nH]c4c3)cc2)c2nc([C@@H]3C[C@H]4C[C@H]4N3)[nH]c2c1. The molecular formula is C30H28N6O. The number of nitrogens with one attached hydrogen (secondary N) is 4. The number of imidazole rings is 2. The maximum atomic E-state index is 6.31. The van der Waals surface area contributed by atoms with Crippen LogP contribution in [0.5, 0.6) is 11.5 Å². The van der Waals surface area contributed by atoms with E-state index in [4.69, 9.17) is 14.7 Å². The minimum atomic E-state index is 0.326. The molecule has 2 saturated heterocycles. The number of benzene rings is 3. The highest BCUT2D eigenvalue weighted by molar-refractivity contribution is 5.83. The molecule has 7 nitrogen and oxygen atoms in total. The summed E-state index contributed by atoms with van der Waals surface area (Å²) in [6.07, 6.45) is 5.02. The number of hydrogen-bond donors (Lipinski definition) is 4. The third-order valence-corrected chi connectivity index (χ3v) is 8.82. The molecule has 0 unspecified atom stereocenters. The van der Waals surface area contributed by atoms with Gasteiger partial charge in [-0.25, -0.2) is 9.97 Å². The van der Waals surface area contributed by atoms with Crippen molar-refractivity contribution in [3.05, 3.63) is 72.3 Å². The summed E-state index contributed by atoms with van der Waals surface area (Å²) in [5.74, 6) is 5.35. The van der Waals surface area contributed by atoms with Crippen molar-refractivity contribution in [1.29, 1.82) is 0 Å². The van der Waals surface area contributed by atoms with Crippen LogP contribution in [0.1, 0.15) is 49.4 Å². The summed E-state index contributed by atoms with van der Waals surface area (Å²) in [5, 5.41) is 7.37. The first-order chi connectivity index (χ1) is 18.2. The molecule has 9 rings (SSSR count). The molecule has 6 atom stereocenters. The lowest BCUT2D eigenvalue weighted by atomic mass is 10.1. The second kappa shape index (κ2) is 7.43. The van der Waals surface area contributed by atoms with Crippen LogP contribution in [0.3, 0.4) is 0 Å². The van der Waals surface area contributed by atoms with Crippen LogP contribution < -0.4 is 15.4 Å². The standard InChI is InChI=1S/C30H28N6O/c1-2-21-28(36-30(34-21)26-14-18-12-23(18)32-26)27(3-1)37-19-7-4-15(5-8-19)16-6-9-20-24(10-16)35-29(33-20)25-13-17-11-22(17)31-25/h1-10,17-18,22-23,25-26,31-32H,11-14H2,(H,33,35)(H,34,36)/t17-,18-,22-,23-,25+,26+/m1/s1. The van der Waals surface area contributed by atoms with Crippen LogP contribution in [0.25, 0.3) is 33.2 Å². The Balaban J connectivity index is 0.958. The molecule has 4 heterocycles. The number of H-pyrrole nitrogens is 2. The van der Waals surface area contributed by atoms with Crippen LogP contribution in [0.4, 0.5) is 0 Å². The summed E-state index contributed by atoms with van der Waals surface area (Å²) in [6, 6.07) is 22.9. The van der Waals surface area contributed by atoms with Crippen LogP contribution in [0.2, 0.25) is 0 Å². The molecule has 2 aromatic heterocycles. The predicted octanol–water partition coefficient (Wildman–Crippen LogP) is 5.74. The fraction of sp³-hybridized carbons (Fsp3) is 0.333. The Kier molecular flexibility index (Phi) is 4.09. The predicted molar refractivity (Wildman–Crippen MR) is 142 cm³/mol. The first kappa shape index (κ1) is 20.4. The molecule has 184 valence electrons. The van der Waals surface area contributed by atoms with Crippen molar-refractivity contribution >= 4 is 22.1 Å². The van der Waals surface area contributed by atoms with E-state index in [0.29, 0.717) is 24.2 Å². The highest BCUT2D eigenvalue weighted by Crippen LogP contribution is 2.47. The van der Waals surface area contributed by atoms with Gasteiger partial charge >= 0.3 is 0 Å². The van der Waals surface area contributed by atoms with Gasteiger partial charge in [-0.1, -0.05) is 24.3 Å². The van der Waals surface area contributed by atoms with E-state index in [2.05, 4.69) is 57.0 Å². The number of nitrogens with zero attached hydrogens (tertiary/aromatic N) is 2. The fourth-order valence-corrected chi connectivity index (χ4v) is 6.55. The summed E-state index contributed by atoms with van der Waals surface area (Å²) in [4.78, 5) is 16.8. The highest BCUT2D eigenvalue weighted by atomic mass is 16.5. The van der Waals surface area contributed by atoms with E-state index in [1.54, 1.807) is 0 Å². The van der Waals surface area contributed by atoms with E-state index >= 15 is 0 Å². The Morgan fingerprint density at radius 1 is 0.676 bits per heavy atom. The Hall–Kier alpha value is -3.68. The van der Waals surface area contributed by atoms with Crippen LogP contribution in [-0.2, 0) is 0 Å². The Bertz CT molecular complexity index is 1650. The third-order valence-electron chi connectivity index (χ3n) is 8.82. The number of para-hydroxylation sites is 1. The second-order valence-electron chi connectivity index (χ2n) is 11.4. The Morgan fingerprint density at radius 2 is 1.38 bits per heavy atom. The zero-order chi connectivity index (χ0) is 24.1. The van der Waals surface area contributed by atoms with E-state index < -0.39 is 0 Å². The van der Waals surface area contributed by atoms with Crippen LogP contribution in [0, 0.1) is 11.8 Å². The maximum Gasteiger partial charge on any atom is 0.155 e. The molecule has 5 aromatic rings. The van der Waals surface area contributed by atoms with Gasteiger partial charge in [-0.2, -0.15) is 0 Å². The molecule has 2 aliphatic carbocycles. The smallest absolute Gasteiger partial charge is 0.155 e. The molecule has 3 aromatic carbocycles. The van der Waals surface area contributed by atoms with E-state index in [-0.39, 0.29) is 0 Å². The van der Waals surface area contributed by atoms with E-state index in [9.17, 15) is 0 Å². The molecule has 0 spiro atoms. The summed E-state index contributed by atoms with van der Waals surface area (Å²) in [7, 11) is 0. The maximum absolute atomic E-state index is 6.31. The van der Waals surface area contributed by atoms with E-state index in [0.717, 1.165) is 68.2 Å². The summed E-state index contributed by atoms with van der Waals surface area (Å²) in [6.45, 7) is 0. The minimum Gasteiger partial charge on any atom is -0.455 e. The number of aromatic nitrogens is 4. The third kappa shape index (κ3) is 3.41. The summed E-state index contributed by atoms with van der Waals surface area (Å²) < 4.78 is 6.31. The van der Waals surface area contributed by atoms with Crippen molar-refractivity contribution in [2.45, 2.75) is 49.9 Å². The zero-order valence-electron chi connectivity index (χ0n) is 20.4. The molecule has 2 saturated carbocycles. The van der Waals surface area contributed by atoms with Crippen LogP contribution in [0.15, 0.2) is 60.7 Å². The lowest BCUT2D eigenvalue weighted by molar-refractivity contribution is 0.487. The van der Waals surface area contributed by atoms with Gasteiger partial charge in [-0.3, -0.25) is 0 Å². The topological polar surface area (TPSA) is 90.7 Å². The highest BCUT2D eigenvalue weighted by Gasteiger charge is 2.47. The Morgan fingerprint density at radius 3 is 2.11 bits per heavy atom. The van der Waals surface area contributed by atoms with Crippen molar-refractivity contribution in [2.24, 2.45) is 11.8 Å². The summed E-state index contributed by atoms with van der Waals surface area (Å²) in [5.41, 5.74) is 6.33. The number of ether oxygens (including phenoxy) is 1. The molecule has 7 heteroatoms. The first-order valence-electron chi connectivity index (χ1n) is 13.5. The second-order valence-corrected chi connectivity index (χ2v) is 11.4. The lowest BCUT2D eigenvalue weighted by Gasteiger charge is -2.09. The lowest BCUT2D eigenvalue weighted by Crippen LogP contribution is -2.18. The number of hydrogen-bond acceptors (Lipinski definition) is 5. The molecule has 4 N–H and O–H groups in total. The largest absolute Gasteiger partial charge is 0.455 e. The average Bonchev–Trinajstić information content (AvgIpc) is 3.51. The van der Waals surface area contributed by atoms with Gasteiger partial charge in [-0.15, -0.1) is 0 Å². The Labute approximate surface area is 214 Å². The fourth-order valence-electron chi connectivity index (χ4n) is 6.55. The summed E-state index contributed by atoms with van der Waals surface area (Å²) >= 11 is 0. The first-order valence-corrected chi connectivity index (χ1v) is 13.5. The van der Waals surface area contributed by atoms with Gasteiger partial charge in [0.1, 0.15) is 22.9 Å². The van der Waals surface area contributed by atoms with Gasteiger partial charge in [0.25, 0.3) is 0 Å². The van der Waals surface area contributed by atoms with Gasteiger partial charge in [0, 0.05) is 12.1 Å². The van der Waals surface area contributed by atoms with Gasteiger partial charge in [0.15, 0.2) is 5.75 Å². The van der Waals surface area contributed by atoms with Gasteiger partial charge in [0.05, 0.1) is 28.6 Å². The van der Waals surface area contributed by atoms with Crippen molar-refractivity contribution in [3.63, 3.8) is 0 Å². The normalized spacial score (nSPS) is 29.5. The zero-order valence-corrected chi connectivity index (χ0v) is 20.4. The monoisotopic (exact) mass is 488 g/mol. The molecule has 37 heavy (non-hydrogen) atoms. The van der Waals surface area contributed by atoms with Crippen LogP contribution in [-0.4, -0.2) is 32.0 Å². The molecule has 4 fully saturated rings. The number of rotatable bonds is 5. The van der Waals surface area contributed by atoms with Crippen molar-refractivity contribution < 1.29 is 4.74 Å². The molecule has 2 aliphatic heterocycles. The van der Waals surface area contributed by atoms with Crippen molar-refractivity contribution in [1.82, 2.24) is 30.6 Å². The molecule has 0 radical (unpaired) electrons. The number of fused-ring (bicyclic) bond motifs is 4. The molecule has 4 aliphatic rings. The quantitative estimate of drug-likeness (QED) is 0.253. The van der Waals surface area contributed by atoms with Gasteiger partial charge in [-0.05, 0) is 85.0 Å². The number of piperidine rings is 2. The van der Waals surface area contributed by atoms with Gasteiger partial charge < -0.3 is 25.3 Å². The molecular weight excluding hydrogens is 460 g/mol. The van der Waals surface area contributed by atoms with Gasteiger partial charge in [0.2, 0.25) is 0 Å². The molecule has 0 bridgehead atoms. The van der Waals surface area contributed by atoms with E-state index in [1.165, 1.54) is 25.7 Å². The van der Waals surface area contributed by atoms with Crippen LogP contribution >= 0.6 is 0 Å². The minimum absolute atomic E-state index is 0.326. The molecule has 0 amide bonds. The number of aromatic amines is 2. The van der Waals surface area contributed by atoms with E-state index in [1.807, 2.05) is 24.3 Å². The van der Waals surface area contributed by atoms with Crippen molar-refractivity contribution in [2.75, 3.05) is 0 Å². The van der Waals surface area contributed by atoms with Crippen molar-refractivity contribution in [3.8, 4) is 22.6 Å². The average molecular weight is 489 g/mol.